The standard InChI is InChI=1S/C12H11ClF3N3S/c13-9-2-1-8(20-9)3-4-18-11-6-7(12(14,15)16)5-10(17)19-11/h1-2,5-6H,3-4H2,(H3,17,18,19). The maximum atomic E-state index is 12.6. The van der Waals surface area contributed by atoms with Crippen molar-refractivity contribution in [3.05, 3.63) is 39.0 Å². The quantitative estimate of drug-likeness (QED) is 0.893. The Labute approximate surface area is 122 Å². The summed E-state index contributed by atoms with van der Waals surface area (Å²) in [6, 6.07) is 5.41. The van der Waals surface area contributed by atoms with Crippen molar-refractivity contribution in [1.29, 1.82) is 0 Å². The number of nitrogen functional groups attached to an aromatic ring is 1. The first-order chi connectivity index (χ1) is 9.34. The molecular weight excluding hydrogens is 311 g/mol. The summed E-state index contributed by atoms with van der Waals surface area (Å²) in [6.45, 7) is 0.449. The highest BCUT2D eigenvalue weighted by molar-refractivity contribution is 7.16. The lowest BCUT2D eigenvalue weighted by Crippen LogP contribution is -2.11. The zero-order valence-corrected chi connectivity index (χ0v) is 11.7. The molecule has 0 amide bonds. The number of pyridine rings is 1. The second-order valence-corrected chi connectivity index (χ2v) is 5.85. The van der Waals surface area contributed by atoms with E-state index < -0.39 is 11.7 Å². The molecule has 2 rings (SSSR count). The number of rotatable bonds is 4. The first kappa shape index (κ1) is 14.9. The van der Waals surface area contributed by atoms with Gasteiger partial charge in [0.2, 0.25) is 0 Å². The topological polar surface area (TPSA) is 50.9 Å². The van der Waals surface area contributed by atoms with Gasteiger partial charge < -0.3 is 11.1 Å². The van der Waals surface area contributed by atoms with Gasteiger partial charge in [0.15, 0.2) is 0 Å². The lowest BCUT2D eigenvalue weighted by Gasteiger charge is -2.10. The van der Waals surface area contributed by atoms with Crippen LogP contribution in [0.1, 0.15) is 10.4 Å². The highest BCUT2D eigenvalue weighted by atomic mass is 35.5. The average molecular weight is 322 g/mol. The Morgan fingerprint density at radius 3 is 2.65 bits per heavy atom. The Kier molecular flexibility index (Phi) is 4.39. The van der Waals surface area contributed by atoms with Gasteiger partial charge in [-0.15, -0.1) is 11.3 Å². The van der Waals surface area contributed by atoms with Crippen LogP contribution in [-0.2, 0) is 12.6 Å². The van der Waals surface area contributed by atoms with E-state index >= 15 is 0 Å². The number of hydrogen-bond donors (Lipinski definition) is 2. The summed E-state index contributed by atoms with van der Waals surface area (Å²) in [6.07, 6.45) is -3.79. The molecule has 8 heteroatoms. The molecule has 0 radical (unpaired) electrons. The maximum Gasteiger partial charge on any atom is 0.416 e. The van der Waals surface area contributed by atoms with Crippen molar-refractivity contribution in [2.24, 2.45) is 0 Å². The van der Waals surface area contributed by atoms with Crippen LogP contribution in [0.5, 0.6) is 0 Å². The van der Waals surface area contributed by atoms with Crippen molar-refractivity contribution in [3.8, 4) is 0 Å². The molecule has 0 saturated carbocycles. The number of aromatic nitrogens is 1. The molecule has 3 N–H and O–H groups in total. The molecule has 108 valence electrons. The first-order valence-electron chi connectivity index (χ1n) is 5.67. The number of nitrogens with one attached hydrogen (secondary N) is 1. The van der Waals surface area contributed by atoms with Crippen LogP contribution in [0.2, 0.25) is 4.34 Å². The van der Waals surface area contributed by atoms with E-state index in [9.17, 15) is 13.2 Å². The number of nitrogens with zero attached hydrogens (tertiary/aromatic N) is 1. The van der Waals surface area contributed by atoms with Crippen LogP contribution in [-0.4, -0.2) is 11.5 Å². The van der Waals surface area contributed by atoms with Gasteiger partial charge >= 0.3 is 6.18 Å². The molecule has 0 atom stereocenters. The Morgan fingerprint density at radius 2 is 2.05 bits per heavy atom. The molecule has 0 aliphatic rings. The third kappa shape index (κ3) is 4.01. The van der Waals surface area contributed by atoms with Gasteiger partial charge in [0.05, 0.1) is 9.90 Å². The number of alkyl halides is 3. The molecule has 2 heterocycles. The van der Waals surface area contributed by atoms with Crippen LogP contribution in [0.4, 0.5) is 24.8 Å². The van der Waals surface area contributed by atoms with E-state index in [4.69, 9.17) is 17.3 Å². The van der Waals surface area contributed by atoms with Crippen molar-refractivity contribution in [1.82, 2.24) is 4.98 Å². The maximum absolute atomic E-state index is 12.6. The minimum absolute atomic E-state index is 0.111. The SMILES string of the molecule is Nc1cc(C(F)(F)F)cc(NCCc2ccc(Cl)s2)n1. The lowest BCUT2D eigenvalue weighted by molar-refractivity contribution is -0.137. The van der Waals surface area contributed by atoms with E-state index in [-0.39, 0.29) is 11.6 Å². The molecule has 2 aromatic heterocycles. The van der Waals surface area contributed by atoms with E-state index in [2.05, 4.69) is 10.3 Å². The number of hydrogen-bond acceptors (Lipinski definition) is 4. The summed E-state index contributed by atoms with van der Waals surface area (Å²) in [4.78, 5) is 4.87. The Bertz CT molecular complexity index is 598. The third-order valence-corrected chi connectivity index (χ3v) is 3.77. The Balaban J connectivity index is 2.00. The molecule has 0 aliphatic heterocycles. The Hall–Kier alpha value is -1.47. The molecule has 2 aromatic rings. The molecule has 0 aliphatic carbocycles. The number of nitrogens with two attached hydrogens (primary N) is 1. The zero-order valence-electron chi connectivity index (χ0n) is 10.2. The van der Waals surface area contributed by atoms with E-state index in [1.165, 1.54) is 11.3 Å². The van der Waals surface area contributed by atoms with Gasteiger partial charge in [-0.25, -0.2) is 4.98 Å². The van der Waals surface area contributed by atoms with E-state index in [1.54, 1.807) is 6.07 Å². The average Bonchev–Trinajstić information content (AvgIpc) is 2.73. The summed E-state index contributed by atoms with van der Waals surface area (Å²) in [7, 11) is 0. The van der Waals surface area contributed by atoms with Gasteiger partial charge in [-0.2, -0.15) is 13.2 Å². The summed E-state index contributed by atoms with van der Waals surface area (Å²) >= 11 is 7.23. The van der Waals surface area contributed by atoms with Crippen molar-refractivity contribution in [2.75, 3.05) is 17.6 Å². The van der Waals surface area contributed by atoms with Crippen molar-refractivity contribution < 1.29 is 13.2 Å². The minimum Gasteiger partial charge on any atom is -0.384 e. The van der Waals surface area contributed by atoms with Crippen molar-refractivity contribution in [2.45, 2.75) is 12.6 Å². The summed E-state index contributed by atoms with van der Waals surface area (Å²) in [5.41, 5.74) is 4.56. The van der Waals surface area contributed by atoms with Gasteiger partial charge in [-0.1, -0.05) is 11.6 Å². The highest BCUT2D eigenvalue weighted by Crippen LogP contribution is 2.31. The predicted molar refractivity (Wildman–Crippen MR) is 75.2 cm³/mol. The molecular formula is C12H11ClF3N3S. The molecule has 0 saturated heterocycles. The molecule has 3 nitrogen and oxygen atoms in total. The normalized spacial score (nSPS) is 11.6. The highest BCUT2D eigenvalue weighted by Gasteiger charge is 2.31. The second-order valence-electron chi connectivity index (χ2n) is 4.05. The van der Waals surface area contributed by atoms with Crippen LogP contribution in [0, 0.1) is 0 Å². The minimum atomic E-state index is -4.44. The van der Waals surface area contributed by atoms with Gasteiger partial charge in [0, 0.05) is 11.4 Å². The van der Waals surface area contributed by atoms with Gasteiger partial charge in [-0.05, 0) is 30.7 Å². The fourth-order valence-electron chi connectivity index (χ4n) is 1.61. The summed E-state index contributed by atoms with van der Waals surface area (Å²) < 4.78 is 38.5. The smallest absolute Gasteiger partial charge is 0.384 e. The summed E-state index contributed by atoms with van der Waals surface area (Å²) in [5, 5.41) is 2.83. The monoisotopic (exact) mass is 321 g/mol. The van der Waals surface area contributed by atoms with E-state index in [0.717, 1.165) is 17.0 Å². The van der Waals surface area contributed by atoms with Gasteiger partial charge in [0.1, 0.15) is 11.6 Å². The fourth-order valence-corrected chi connectivity index (χ4v) is 2.69. The van der Waals surface area contributed by atoms with Crippen LogP contribution in [0.3, 0.4) is 0 Å². The van der Waals surface area contributed by atoms with Crippen molar-refractivity contribution >= 4 is 34.6 Å². The van der Waals surface area contributed by atoms with E-state index in [0.29, 0.717) is 17.3 Å². The summed E-state index contributed by atoms with van der Waals surface area (Å²) in [5.74, 6) is -0.0542. The number of thiophene rings is 1. The van der Waals surface area contributed by atoms with Crippen LogP contribution in [0.25, 0.3) is 0 Å². The Morgan fingerprint density at radius 1 is 1.30 bits per heavy atom. The largest absolute Gasteiger partial charge is 0.416 e. The van der Waals surface area contributed by atoms with E-state index in [1.807, 2.05) is 6.07 Å². The number of halogens is 4. The van der Waals surface area contributed by atoms with Crippen LogP contribution >= 0.6 is 22.9 Å². The lowest BCUT2D eigenvalue weighted by atomic mass is 10.2. The molecule has 0 aromatic carbocycles. The fraction of sp³-hybridized carbons (Fsp3) is 0.250. The molecule has 0 unspecified atom stereocenters. The first-order valence-corrected chi connectivity index (χ1v) is 6.87. The van der Waals surface area contributed by atoms with Gasteiger partial charge in [0.25, 0.3) is 0 Å². The zero-order chi connectivity index (χ0) is 14.8. The third-order valence-electron chi connectivity index (χ3n) is 2.48. The van der Waals surface area contributed by atoms with Crippen LogP contribution < -0.4 is 11.1 Å². The van der Waals surface area contributed by atoms with Gasteiger partial charge in [-0.3, -0.25) is 0 Å². The second kappa shape index (κ2) is 5.88. The van der Waals surface area contributed by atoms with Crippen LogP contribution in [0.15, 0.2) is 24.3 Å². The molecule has 0 spiro atoms. The molecule has 20 heavy (non-hydrogen) atoms. The van der Waals surface area contributed by atoms with Crippen molar-refractivity contribution in [3.63, 3.8) is 0 Å². The predicted octanol–water partition coefficient (Wildman–Crippen LogP) is 4.05. The molecule has 0 fully saturated rings. The number of anilines is 2. The molecule has 0 bridgehead atoms.